The maximum absolute atomic E-state index is 13.3. The second kappa shape index (κ2) is 7.97. The summed E-state index contributed by atoms with van der Waals surface area (Å²) in [5.74, 6) is -0.591. The lowest BCUT2D eigenvalue weighted by Crippen LogP contribution is -2.57. The molecular formula is C20H24FN3O3S. The average molecular weight is 405 g/mol. The molecule has 1 aromatic heterocycles. The zero-order valence-corrected chi connectivity index (χ0v) is 17.2. The van der Waals surface area contributed by atoms with Crippen LogP contribution in [0.1, 0.15) is 36.3 Å². The predicted octanol–water partition coefficient (Wildman–Crippen LogP) is 3.65. The Labute approximate surface area is 167 Å². The Morgan fingerprint density at radius 3 is 2.61 bits per heavy atom. The monoisotopic (exact) mass is 405 g/mol. The molecule has 1 amide bonds. The smallest absolute Gasteiger partial charge is 0.411 e. The molecule has 0 aliphatic carbocycles. The van der Waals surface area contributed by atoms with Crippen LogP contribution in [0.25, 0.3) is 10.4 Å². The summed E-state index contributed by atoms with van der Waals surface area (Å²) in [4.78, 5) is 32.5. The molecule has 1 atom stereocenters. The zero-order valence-electron chi connectivity index (χ0n) is 16.4. The van der Waals surface area contributed by atoms with Crippen molar-refractivity contribution in [2.24, 2.45) is 0 Å². The number of nitrogens with zero attached hydrogens (tertiary/aromatic N) is 2. The third kappa shape index (κ3) is 4.56. The van der Waals surface area contributed by atoms with Crippen molar-refractivity contribution in [3.05, 3.63) is 40.8 Å². The Bertz CT molecular complexity index is 874. The number of rotatable bonds is 3. The minimum atomic E-state index is -0.704. The lowest BCUT2D eigenvalue weighted by Gasteiger charge is -2.36. The molecule has 1 unspecified atom stereocenters. The summed E-state index contributed by atoms with van der Waals surface area (Å²) in [6, 6.07) is 5.26. The van der Waals surface area contributed by atoms with Gasteiger partial charge in [-0.2, -0.15) is 0 Å². The van der Waals surface area contributed by atoms with Crippen LogP contribution in [0.3, 0.4) is 0 Å². The van der Waals surface area contributed by atoms with Gasteiger partial charge >= 0.3 is 6.09 Å². The molecule has 2 aromatic rings. The highest BCUT2D eigenvalue weighted by Crippen LogP contribution is 2.32. The van der Waals surface area contributed by atoms with Crippen molar-refractivity contribution in [3.8, 4) is 10.4 Å². The second-order valence-electron chi connectivity index (χ2n) is 7.68. The number of amides is 1. The molecule has 1 aliphatic rings. The van der Waals surface area contributed by atoms with E-state index in [2.05, 4.69) is 10.3 Å². The van der Waals surface area contributed by atoms with E-state index >= 15 is 0 Å². The average Bonchev–Trinajstić information content (AvgIpc) is 3.02. The minimum Gasteiger partial charge on any atom is -0.444 e. The van der Waals surface area contributed by atoms with Crippen molar-refractivity contribution in [2.45, 2.75) is 39.3 Å². The molecule has 0 saturated carbocycles. The first kappa shape index (κ1) is 20.4. The predicted molar refractivity (Wildman–Crippen MR) is 106 cm³/mol. The number of aryl methyl sites for hydroxylation is 1. The molecule has 2 heterocycles. The van der Waals surface area contributed by atoms with Crippen LogP contribution in [0.2, 0.25) is 0 Å². The van der Waals surface area contributed by atoms with Gasteiger partial charge in [0.25, 0.3) is 0 Å². The highest BCUT2D eigenvalue weighted by molar-refractivity contribution is 7.15. The van der Waals surface area contributed by atoms with Crippen LogP contribution < -0.4 is 5.32 Å². The van der Waals surface area contributed by atoms with Crippen LogP contribution in [-0.4, -0.2) is 53.0 Å². The van der Waals surface area contributed by atoms with Gasteiger partial charge in [0.15, 0.2) is 0 Å². The highest BCUT2D eigenvalue weighted by Gasteiger charge is 2.37. The molecule has 28 heavy (non-hydrogen) atoms. The Kier molecular flexibility index (Phi) is 5.81. The van der Waals surface area contributed by atoms with Crippen LogP contribution in [0.4, 0.5) is 9.18 Å². The maximum atomic E-state index is 13.3. The third-order valence-electron chi connectivity index (χ3n) is 4.25. The molecule has 0 radical (unpaired) electrons. The minimum absolute atomic E-state index is 0.248. The number of carbonyl (C=O) groups excluding carboxylic acids is 2. The number of ether oxygens (including phenoxy) is 1. The van der Waals surface area contributed by atoms with Gasteiger partial charge in [-0.15, -0.1) is 11.3 Å². The third-order valence-corrected chi connectivity index (χ3v) is 5.27. The van der Waals surface area contributed by atoms with E-state index in [0.717, 1.165) is 10.6 Å². The van der Waals surface area contributed by atoms with Gasteiger partial charge in [0.05, 0.1) is 9.88 Å². The van der Waals surface area contributed by atoms with E-state index in [0.29, 0.717) is 30.2 Å². The van der Waals surface area contributed by atoms with Gasteiger partial charge in [0.1, 0.15) is 23.2 Å². The largest absolute Gasteiger partial charge is 0.444 e. The molecule has 150 valence electrons. The Morgan fingerprint density at radius 2 is 1.96 bits per heavy atom. The first-order valence-corrected chi connectivity index (χ1v) is 9.95. The van der Waals surface area contributed by atoms with Gasteiger partial charge in [0, 0.05) is 19.6 Å². The fraction of sp³-hybridized carbons (Fsp3) is 0.450. The number of thiazole rings is 1. The second-order valence-corrected chi connectivity index (χ2v) is 8.88. The molecule has 1 fully saturated rings. The van der Waals surface area contributed by atoms with Crippen molar-refractivity contribution in [1.82, 2.24) is 15.2 Å². The summed E-state index contributed by atoms with van der Waals surface area (Å²) in [6.45, 7) is 8.49. The highest BCUT2D eigenvalue weighted by atomic mass is 32.1. The number of ketones is 1. The van der Waals surface area contributed by atoms with Crippen molar-refractivity contribution in [2.75, 3.05) is 19.6 Å². The fourth-order valence-electron chi connectivity index (χ4n) is 3.03. The van der Waals surface area contributed by atoms with Gasteiger partial charge < -0.3 is 10.1 Å². The molecule has 8 heteroatoms. The van der Waals surface area contributed by atoms with Gasteiger partial charge in [-0.1, -0.05) is 12.1 Å². The van der Waals surface area contributed by atoms with Crippen molar-refractivity contribution < 1.29 is 18.7 Å². The molecular weight excluding hydrogens is 381 g/mol. The van der Waals surface area contributed by atoms with Crippen LogP contribution in [-0.2, 0) is 4.74 Å². The SMILES string of the molecule is Cc1nc(C(=O)C2CNCCN2C(=O)OC(C)(C)C)c(-c2ccc(F)cc2)s1. The molecule has 6 nitrogen and oxygen atoms in total. The number of hydrogen-bond acceptors (Lipinski definition) is 6. The van der Waals surface area contributed by atoms with E-state index in [4.69, 9.17) is 4.74 Å². The Hall–Kier alpha value is -2.32. The maximum Gasteiger partial charge on any atom is 0.411 e. The Morgan fingerprint density at radius 1 is 1.29 bits per heavy atom. The first-order chi connectivity index (χ1) is 13.2. The van der Waals surface area contributed by atoms with Crippen molar-refractivity contribution >= 4 is 23.2 Å². The van der Waals surface area contributed by atoms with Gasteiger partial charge in [-0.3, -0.25) is 9.69 Å². The number of carbonyl (C=O) groups is 2. The van der Waals surface area contributed by atoms with Crippen molar-refractivity contribution in [1.29, 1.82) is 0 Å². The fourth-order valence-corrected chi connectivity index (χ4v) is 3.96. The van der Waals surface area contributed by atoms with E-state index in [1.165, 1.54) is 28.4 Å². The van der Waals surface area contributed by atoms with E-state index < -0.39 is 17.7 Å². The van der Waals surface area contributed by atoms with Gasteiger partial charge in [-0.25, -0.2) is 14.2 Å². The summed E-state index contributed by atoms with van der Waals surface area (Å²) in [6.07, 6.45) is -0.511. The molecule has 1 aliphatic heterocycles. The molecule has 1 saturated heterocycles. The number of hydrogen-bond donors (Lipinski definition) is 1. The van der Waals surface area contributed by atoms with E-state index in [-0.39, 0.29) is 11.6 Å². The number of nitrogens with one attached hydrogen (secondary N) is 1. The van der Waals surface area contributed by atoms with Crippen molar-refractivity contribution in [3.63, 3.8) is 0 Å². The molecule has 1 N–H and O–H groups in total. The van der Waals surface area contributed by atoms with E-state index in [1.54, 1.807) is 32.9 Å². The van der Waals surface area contributed by atoms with E-state index in [9.17, 15) is 14.0 Å². The van der Waals surface area contributed by atoms with Gasteiger partial charge in [0.2, 0.25) is 5.78 Å². The topological polar surface area (TPSA) is 71.5 Å². The summed E-state index contributed by atoms with van der Waals surface area (Å²) in [5.41, 5.74) is 0.380. The molecule has 1 aromatic carbocycles. The van der Waals surface area contributed by atoms with Crippen LogP contribution in [0.15, 0.2) is 24.3 Å². The number of halogens is 1. The number of benzene rings is 1. The van der Waals surface area contributed by atoms with Gasteiger partial charge in [-0.05, 0) is 45.4 Å². The standard InChI is InChI=1S/C20H24FN3O3S/c1-12-23-16(18(28-12)13-5-7-14(21)8-6-13)17(25)15-11-22-9-10-24(15)19(26)27-20(2,3)4/h5-8,15,22H,9-11H2,1-4H3. The summed E-state index contributed by atoms with van der Waals surface area (Å²) >= 11 is 1.38. The summed E-state index contributed by atoms with van der Waals surface area (Å²) in [7, 11) is 0. The lowest BCUT2D eigenvalue weighted by atomic mass is 10.0. The number of aromatic nitrogens is 1. The van der Waals surface area contributed by atoms with Crippen LogP contribution in [0.5, 0.6) is 0 Å². The quantitative estimate of drug-likeness (QED) is 0.790. The Balaban J connectivity index is 1.92. The zero-order chi connectivity index (χ0) is 20.5. The normalized spacial score (nSPS) is 17.5. The summed E-state index contributed by atoms with van der Waals surface area (Å²) in [5, 5.41) is 3.89. The number of piperazine rings is 1. The lowest BCUT2D eigenvalue weighted by molar-refractivity contribution is 0.0124. The first-order valence-electron chi connectivity index (χ1n) is 9.13. The van der Waals surface area contributed by atoms with Crippen LogP contribution in [0, 0.1) is 12.7 Å². The van der Waals surface area contributed by atoms with Crippen LogP contribution >= 0.6 is 11.3 Å². The van der Waals surface area contributed by atoms with E-state index in [1.807, 2.05) is 6.92 Å². The number of Topliss-reactive ketones (excluding diaryl/α,β-unsaturated/α-hetero) is 1. The molecule has 3 rings (SSSR count). The molecule has 0 spiro atoms. The molecule has 0 bridgehead atoms. The summed E-state index contributed by atoms with van der Waals surface area (Å²) < 4.78 is 18.8.